The fraction of sp³-hybridized carbons (Fsp3) is 0.556. The lowest BCUT2D eigenvalue weighted by Crippen LogP contribution is -2.42. The molecule has 1 N–H and O–H groups in total. The minimum absolute atomic E-state index is 0.0350. The van der Waals surface area contributed by atoms with Crippen molar-refractivity contribution >= 4 is 23.2 Å². The molecule has 0 aliphatic carbocycles. The van der Waals surface area contributed by atoms with Crippen LogP contribution in [0.2, 0.25) is 0 Å². The second kappa shape index (κ2) is 7.99. The van der Waals surface area contributed by atoms with E-state index >= 15 is 0 Å². The average molecular weight is 375 g/mol. The lowest BCUT2D eigenvalue weighted by molar-refractivity contribution is 0.0678. The van der Waals surface area contributed by atoms with Crippen molar-refractivity contribution in [2.45, 2.75) is 32.6 Å². The number of carbonyl (C=O) groups excluding carboxylic acids is 2. The molecule has 3 heterocycles. The molecule has 3 rings (SSSR count). The summed E-state index contributed by atoms with van der Waals surface area (Å²) in [6.45, 7) is 6.22. The molecule has 0 aromatic carbocycles. The van der Waals surface area contributed by atoms with E-state index < -0.39 is 0 Å². The molecule has 140 valence electrons. The molecule has 0 spiro atoms. The smallest absolute Gasteiger partial charge is 0.273 e. The average Bonchev–Trinajstić information content (AvgIpc) is 3.28. The highest BCUT2D eigenvalue weighted by atomic mass is 32.1. The van der Waals surface area contributed by atoms with Crippen LogP contribution < -0.4 is 5.32 Å². The number of carbonyl (C=O) groups is 2. The second-order valence-electron chi connectivity index (χ2n) is 7.07. The van der Waals surface area contributed by atoms with Crippen molar-refractivity contribution < 1.29 is 9.59 Å². The normalized spacial score (nSPS) is 15.5. The van der Waals surface area contributed by atoms with Crippen LogP contribution in [0.25, 0.3) is 0 Å². The Hall–Kier alpha value is -2.22. The van der Waals surface area contributed by atoms with Crippen LogP contribution in [-0.2, 0) is 7.05 Å². The summed E-state index contributed by atoms with van der Waals surface area (Å²) in [7, 11) is 1.79. The van der Waals surface area contributed by atoms with Crippen LogP contribution in [0.1, 0.15) is 58.3 Å². The van der Waals surface area contributed by atoms with Crippen molar-refractivity contribution in [3.63, 3.8) is 0 Å². The minimum atomic E-state index is -0.0966. The van der Waals surface area contributed by atoms with Gasteiger partial charge in [0.05, 0.1) is 17.3 Å². The molecule has 2 amide bonds. The Morgan fingerprint density at radius 2 is 2.08 bits per heavy atom. The summed E-state index contributed by atoms with van der Waals surface area (Å²) in [5.74, 6) is 0.634. The van der Waals surface area contributed by atoms with Crippen LogP contribution >= 0.6 is 11.3 Å². The number of aromatic nitrogens is 3. The summed E-state index contributed by atoms with van der Waals surface area (Å²) in [6, 6.07) is 0. The molecule has 0 atom stereocenters. The van der Waals surface area contributed by atoms with Crippen LogP contribution in [0.15, 0.2) is 17.9 Å². The first kappa shape index (κ1) is 18.6. The molecule has 0 radical (unpaired) electrons. The van der Waals surface area contributed by atoms with E-state index in [0.29, 0.717) is 42.7 Å². The fourth-order valence-electron chi connectivity index (χ4n) is 3.19. The molecule has 1 aliphatic rings. The molecule has 0 bridgehead atoms. The van der Waals surface area contributed by atoms with Gasteiger partial charge in [-0.1, -0.05) is 13.8 Å². The summed E-state index contributed by atoms with van der Waals surface area (Å²) < 4.78 is 1.61. The lowest BCUT2D eigenvalue weighted by atomic mass is 9.96. The van der Waals surface area contributed by atoms with Gasteiger partial charge in [0.1, 0.15) is 5.69 Å². The molecule has 1 fully saturated rings. The Labute approximate surface area is 157 Å². The summed E-state index contributed by atoms with van der Waals surface area (Å²) in [6.07, 6.45) is 5.05. The number of nitrogens with one attached hydrogen (secondary N) is 1. The van der Waals surface area contributed by atoms with Gasteiger partial charge < -0.3 is 10.2 Å². The Bertz CT molecular complexity index is 774. The summed E-state index contributed by atoms with van der Waals surface area (Å²) in [5, 5.41) is 6.98. The zero-order valence-corrected chi connectivity index (χ0v) is 16.3. The number of piperidine rings is 1. The summed E-state index contributed by atoms with van der Waals surface area (Å²) in [5.41, 5.74) is 2.93. The van der Waals surface area contributed by atoms with Crippen molar-refractivity contribution in [2.24, 2.45) is 13.0 Å². The van der Waals surface area contributed by atoms with E-state index in [-0.39, 0.29) is 11.8 Å². The second-order valence-corrected chi connectivity index (χ2v) is 7.95. The minimum Gasteiger partial charge on any atom is -0.352 e. The topological polar surface area (TPSA) is 80.1 Å². The third kappa shape index (κ3) is 4.12. The van der Waals surface area contributed by atoms with Gasteiger partial charge in [-0.25, -0.2) is 4.98 Å². The number of aryl methyl sites for hydroxylation is 1. The molecule has 2 aromatic rings. The van der Waals surface area contributed by atoms with Gasteiger partial charge in [0.25, 0.3) is 11.8 Å². The van der Waals surface area contributed by atoms with Crippen LogP contribution in [0.4, 0.5) is 0 Å². The molecule has 8 heteroatoms. The lowest BCUT2D eigenvalue weighted by Gasteiger charge is -2.32. The van der Waals surface area contributed by atoms with Crippen LogP contribution in [0, 0.1) is 5.92 Å². The van der Waals surface area contributed by atoms with Crippen LogP contribution in [0.5, 0.6) is 0 Å². The molecule has 7 nitrogen and oxygen atoms in total. The van der Waals surface area contributed by atoms with Gasteiger partial charge in [0.15, 0.2) is 0 Å². The summed E-state index contributed by atoms with van der Waals surface area (Å²) >= 11 is 1.55. The first-order valence-electron chi connectivity index (χ1n) is 8.95. The molecule has 1 aliphatic heterocycles. The number of nitrogens with zero attached hydrogens (tertiary/aromatic N) is 4. The van der Waals surface area contributed by atoms with E-state index in [1.807, 2.05) is 4.90 Å². The number of hydrogen-bond acceptors (Lipinski definition) is 5. The van der Waals surface area contributed by atoms with E-state index in [0.717, 1.165) is 17.7 Å². The number of hydrogen-bond donors (Lipinski definition) is 1. The number of likely N-dealkylation sites (tertiary alicyclic amines) is 1. The van der Waals surface area contributed by atoms with Crippen molar-refractivity contribution in [3.05, 3.63) is 34.0 Å². The molecular formula is C18H25N5O2S. The van der Waals surface area contributed by atoms with E-state index in [4.69, 9.17) is 0 Å². The highest BCUT2D eigenvalue weighted by molar-refractivity contribution is 7.10. The van der Waals surface area contributed by atoms with Gasteiger partial charge >= 0.3 is 0 Å². The predicted octanol–water partition coefficient (Wildman–Crippen LogP) is 2.28. The number of thiazole rings is 1. The van der Waals surface area contributed by atoms with Gasteiger partial charge in [-0.3, -0.25) is 14.3 Å². The van der Waals surface area contributed by atoms with Crippen molar-refractivity contribution in [2.75, 3.05) is 19.6 Å². The standard InChI is InChI=1S/C18H25N5O2S/c1-12(2)16-15(20-11-26-16)18(25)23-6-4-13(5-7-23)8-19-17(24)14-9-21-22(3)10-14/h9-13H,4-8H2,1-3H3,(H,19,24). The first-order chi connectivity index (χ1) is 12.5. The van der Waals surface area contributed by atoms with Gasteiger partial charge in [0.2, 0.25) is 0 Å². The molecular weight excluding hydrogens is 350 g/mol. The maximum absolute atomic E-state index is 12.7. The van der Waals surface area contributed by atoms with Gasteiger partial charge in [-0.05, 0) is 24.7 Å². The SMILES string of the molecule is CC(C)c1scnc1C(=O)N1CCC(CNC(=O)c2cnn(C)c2)CC1. The number of rotatable bonds is 5. The maximum Gasteiger partial charge on any atom is 0.273 e. The third-order valence-electron chi connectivity index (χ3n) is 4.74. The van der Waals surface area contributed by atoms with Crippen LogP contribution in [0.3, 0.4) is 0 Å². The molecule has 1 saturated heterocycles. The van der Waals surface area contributed by atoms with E-state index in [1.54, 1.807) is 41.0 Å². The van der Waals surface area contributed by atoms with Crippen molar-refractivity contribution in [3.8, 4) is 0 Å². The monoisotopic (exact) mass is 375 g/mol. The Kier molecular flexibility index (Phi) is 5.70. The van der Waals surface area contributed by atoms with E-state index in [1.165, 1.54) is 0 Å². The Balaban J connectivity index is 1.49. The van der Waals surface area contributed by atoms with E-state index in [9.17, 15) is 9.59 Å². The van der Waals surface area contributed by atoms with Crippen LogP contribution in [-0.4, -0.2) is 51.1 Å². The first-order valence-corrected chi connectivity index (χ1v) is 9.83. The molecule has 0 unspecified atom stereocenters. The van der Waals surface area contributed by atoms with E-state index in [2.05, 4.69) is 29.2 Å². The summed E-state index contributed by atoms with van der Waals surface area (Å²) in [4.78, 5) is 32.1. The third-order valence-corrected chi connectivity index (χ3v) is 5.87. The molecule has 0 saturated carbocycles. The highest BCUT2D eigenvalue weighted by Crippen LogP contribution is 2.26. The maximum atomic E-state index is 12.7. The predicted molar refractivity (Wildman–Crippen MR) is 100 cm³/mol. The number of amides is 2. The quantitative estimate of drug-likeness (QED) is 0.869. The van der Waals surface area contributed by atoms with Gasteiger partial charge in [0, 0.05) is 37.8 Å². The zero-order chi connectivity index (χ0) is 18.7. The largest absolute Gasteiger partial charge is 0.352 e. The Morgan fingerprint density at radius 1 is 1.35 bits per heavy atom. The molecule has 2 aromatic heterocycles. The van der Waals surface area contributed by atoms with Crippen molar-refractivity contribution in [1.29, 1.82) is 0 Å². The van der Waals surface area contributed by atoms with Gasteiger partial charge in [-0.15, -0.1) is 11.3 Å². The van der Waals surface area contributed by atoms with Crippen molar-refractivity contribution in [1.82, 2.24) is 25.0 Å². The fourth-order valence-corrected chi connectivity index (χ4v) is 3.99. The zero-order valence-electron chi connectivity index (χ0n) is 15.4. The highest BCUT2D eigenvalue weighted by Gasteiger charge is 2.27. The molecule has 26 heavy (non-hydrogen) atoms. The van der Waals surface area contributed by atoms with Gasteiger partial charge in [-0.2, -0.15) is 5.10 Å². The Morgan fingerprint density at radius 3 is 2.69 bits per heavy atom.